The van der Waals surface area contributed by atoms with Gasteiger partial charge in [-0.15, -0.1) is 0 Å². The number of amides is 1. The zero-order chi connectivity index (χ0) is 15.8. The fourth-order valence-electron chi connectivity index (χ4n) is 4.62. The van der Waals surface area contributed by atoms with Crippen LogP contribution in [-0.4, -0.2) is 42.0 Å². The van der Waals surface area contributed by atoms with E-state index < -0.39 is 0 Å². The van der Waals surface area contributed by atoms with E-state index in [0.717, 1.165) is 37.8 Å². The summed E-state index contributed by atoms with van der Waals surface area (Å²) in [7, 11) is 0. The minimum atomic E-state index is -0.273. The standard InChI is InChI=1S/C18H24FN3O/c19-16-5-2-8-20-17(16)21-9-6-13(7-10-21)18(23)22-11-14-3-1-4-15(14)12-22/h2,5,8,13-15H,1,3-4,6-7,9-12H2. The second-order valence-electron chi connectivity index (χ2n) is 7.26. The molecule has 2 unspecified atom stereocenters. The molecule has 1 amide bonds. The number of nitrogens with zero attached hydrogens (tertiary/aromatic N) is 3. The molecule has 4 nitrogen and oxygen atoms in total. The van der Waals surface area contributed by atoms with Gasteiger partial charge in [0.1, 0.15) is 0 Å². The molecule has 2 aliphatic heterocycles. The Balaban J connectivity index is 1.35. The van der Waals surface area contributed by atoms with E-state index in [-0.39, 0.29) is 11.7 Å². The van der Waals surface area contributed by atoms with E-state index in [1.807, 2.05) is 4.90 Å². The Kier molecular flexibility index (Phi) is 3.95. The highest BCUT2D eigenvalue weighted by atomic mass is 19.1. The highest BCUT2D eigenvalue weighted by Gasteiger charge is 2.40. The number of halogens is 1. The third-order valence-corrected chi connectivity index (χ3v) is 5.92. The van der Waals surface area contributed by atoms with Crippen molar-refractivity contribution < 1.29 is 9.18 Å². The molecule has 1 aliphatic carbocycles. The molecule has 0 aromatic carbocycles. The van der Waals surface area contributed by atoms with Gasteiger partial charge in [-0.25, -0.2) is 9.37 Å². The molecule has 5 heteroatoms. The molecule has 0 spiro atoms. The van der Waals surface area contributed by atoms with Crippen molar-refractivity contribution in [1.82, 2.24) is 9.88 Å². The first-order valence-corrected chi connectivity index (χ1v) is 8.86. The van der Waals surface area contributed by atoms with Crippen LogP contribution in [0.3, 0.4) is 0 Å². The van der Waals surface area contributed by atoms with Crippen LogP contribution in [0.15, 0.2) is 18.3 Å². The highest BCUT2D eigenvalue weighted by Crippen LogP contribution is 2.38. The summed E-state index contributed by atoms with van der Waals surface area (Å²) in [5.74, 6) is 2.10. The lowest BCUT2D eigenvalue weighted by Gasteiger charge is -2.34. The predicted octanol–water partition coefficient (Wildman–Crippen LogP) is 2.70. The molecule has 3 fully saturated rings. The summed E-state index contributed by atoms with van der Waals surface area (Å²) >= 11 is 0. The Morgan fingerprint density at radius 3 is 2.48 bits per heavy atom. The summed E-state index contributed by atoms with van der Waals surface area (Å²) in [5.41, 5.74) is 0. The number of hydrogen-bond donors (Lipinski definition) is 0. The Bertz CT molecular complexity index is 573. The molecule has 23 heavy (non-hydrogen) atoms. The summed E-state index contributed by atoms with van der Waals surface area (Å²) in [5, 5.41) is 0. The van der Waals surface area contributed by atoms with Crippen molar-refractivity contribution in [2.45, 2.75) is 32.1 Å². The van der Waals surface area contributed by atoms with E-state index in [1.165, 1.54) is 25.3 Å². The van der Waals surface area contributed by atoms with Crippen LogP contribution in [0.25, 0.3) is 0 Å². The first-order valence-electron chi connectivity index (χ1n) is 8.86. The first kappa shape index (κ1) is 14.9. The quantitative estimate of drug-likeness (QED) is 0.841. The molecule has 1 aromatic heterocycles. The average molecular weight is 317 g/mol. The molecule has 4 rings (SSSR count). The lowest BCUT2D eigenvalue weighted by molar-refractivity contribution is -0.135. The van der Waals surface area contributed by atoms with E-state index in [1.54, 1.807) is 12.3 Å². The second kappa shape index (κ2) is 6.10. The number of piperidine rings is 1. The van der Waals surface area contributed by atoms with Crippen LogP contribution in [0.5, 0.6) is 0 Å². The third-order valence-electron chi connectivity index (χ3n) is 5.92. The predicted molar refractivity (Wildman–Crippen MR) is 86.5 cm³/mol. The van der Waals surface area contributed by atoms with Crippen LogP contribution in [0.2, 0.25) is 0 Å². The zero-order valence-corrected chi connectivity index (χ0v) is 13.5. The molecule has 3 heterocycles. The van der Waals surface area contributed by atoms with E-state index >= 15 is 0 Å². The van der Waals surface area contributed by atoms with Crippen LogP contribution in [-0.2, 0) is 4.79 Å². The average Bonchev–Trinajstić information content (AvgIpc) is 3.16. The summed E-state index contributed by atoms with van der Waals surface area (Å²) < 4.78 is 13.8. The molecule has 0 bridgehead atoms. The Morgan fingerprint density at radius 1 is 1.13 bits per heavy atom. The molecule has 0 N–H and O–H groups in total. The number of anilines is 1. The Morgan fingerprint density at radius 2 is 1.83 bits per heavy atom. The number of rotatable bonds is 2. The number of carbonyl (C=O) groups excluding carboxylic acids is 1. The molecule has 124 valence electrons. The fraction of sp³-hybridized carbons (Fsp3) is 0.667. The zero-order valence-electron chi connectivity index (χ0n) is 13.5. The van der Waals surface area contributed by atoms with Crippen molar-refractivity contribution >= 4 is 11.7 Å². The Labute approximate surface area is 136 Å². The minimum Gasteiger partial charge on any atom is -0.354 e. The summed E-state index contributed by atoms with van der Waals surface area (Å²) in [4.78, 5) is 21.0. The monoisotopic (exact) mass is 317 g/mol. The van der Waals surface area contributed by atoms with Gasteiger partial charge in [0.25, 0.3) is 0 Å². The van der Waals surface area contributed by atoms with Gasteiger partial charge in [0.2, 0.25) is 5.91 Å². The van der Waals surface area contributed by atoms with E-state index in [0.29, 0.717) is 24.8 Å². The van der Waals surface area contributed by atoms with E-state index in [2.05, 4.69) is 9.88 Å². The van der Waals surface area contributed by atoms with Gasteiger partial charge in [-0.1, -0.05) is 6.42 Å². The lowest BCUT2D eigenvalue weighted by atomic mass is 9.95. The molecular weight excluding hydrogens is 293 g/mol. The normalized spacial score (nSPS) is 28.2. The van der Waals surface area contributed by atoms with Gasteiger partial charge >= 0.3 is 0 Å². The maximum absolute atomic E-state index is 13.8. The smallest absolute Gasteiger partial charge is 0.225 e. The van der Waals surface area contributed by atoms with Gasteiger partial charge in [-0.3, -0.25) is 4.79 Å². The van der Waals surface area contributed by atoms with Crippen LogP contribution >= 0.6 is 0 Å². The second-order valence-corrected chi connectivity index (χ2v) is 7.26. The number of fused-ring (bicyclic) bond motifs is 1. The number of aromatic nitrogens is 1. The number of pyridine rings is 1. The van der Waals surface area contributed by atoms with Crippen LogP contribution in [0, 0.1) is 23.6 Å². The van der Waals surface area contributed by atoms with Crippen molar-refractivity contribution in [2.24, 2.45) is 17.8 Å². The molecule has 1 saturated carbocycles. The van der Waals surface area contributed by atoms with Gasteiger partial charge in [0, 0.05) is 38.3 Å². The summed E-state index contributed by atoms with van der Waals surface area (Å²) in [6.45, 7) is 3.37. The van der Waals surface area contributed by atoms with Gasteiger partial charge in [0.15, 0.2) is 11.6 Å². The van der Waals surface area contributed by atoms with Gasteiger partial charge in [-0.05, 0) is 49.7 Å². The molecule has 2 atom stereocenters. The molecule has 1 aromatic rings. The van der Waals surface area contributed by atoms with E-state index in [4.69, 9.17) is 0 Å². The van der Waals surface area contributed by atoms with Gasteiger partial charge < -0.3 is 9.80 Å². The summed E-state index contributed by atoms with van der Waals surface area (Å²) in [6, 6.07) is 3.06. The maximum atomic E-state index is 13.8. The topological polar surface area (TPSA) is 36.4 Å². The minimum absolute atomic E-state index is 0.108. The van der Waals surface area contributed by atoms with Crippen molar-refractivity contribution in [3.63, 3.8) is 0 Å². The Hall–Kier alpha value is -1.65. The lowest BCUT2D eigenvalue weighted by Crippen LogP contribution is -2.42. The van der Waals surface area contributed by atoms with Crippen LogP contribution in [0.1, 0.15) is 32.1 Å². The van der Waals surface area contributed by atoms with Crippen molar-refractivity contribution in [3.8, 4) is 0 Å². The SMILES string of the molecule is O=C(C1CCN(c2ncccc2F)CC1)N1CC2CCCC2C1. The largest absolute Gasteiger partial charge is 0.354 e. The van der Waals surface area contributed by atoms with Gasteiger partial charge in [0.05, 0.1) is 0 Å². The fourth-order valence-corrected chi connectivity index (χ4v) is 4.62. The van der Waals surface area contributed by atoms with Gasteiger partial charge in [-0.2, -0.15) is 0 Å². The maximum Gasteiger partial charge on any atom is 0.225 e. The number of hydrogen-bond acceptors (Lipinski definition) is 3. The highest BCUT2D eigenvalue weighted by molar-refractivity contribution is 5.79. The third kappa shape index (κ3) is 2.81. The van der Waals surface area contributed by atoms with Crippen LogP contribution < -0.4 is 4.90 Å². The summed E-state index contributed by atoms with van der Waals surface area (Å²) in [6.07, 6.45) is 7.17. The van der Waals surface area contributed by atoms with Crippen LogP contribution in [0.4, 0.5) is 10.2 Å². The molecular formula is C18H24FN3O. The molecule has 3 aliphatic rings. The van der Waals surface area contributed by atoms with E-state index in [9.17, 15) is 9.18 Å². The number of likely N-dealkylation sites (tertiary alicyclic amines) is 1. The molecule has 2 saturated heterocycles. The van der Waals surface area contributed by atoms with Crippen molar-refractivity contribution in [2.75, 3.05) is 31.1 Å². The van der Waals surface area contributed by atoms with Crippen molar-refractivity contribution in [3.05, 3.63) is 24.1 Å². The number of carbonyl (C=O) groups is 1. The first-order chi connectivity index (χ1) is 11.2. The molecule has 0 radical (unpaired) electrons. The van der Waals surface area contributed by atoms with Crippen molar-refractivity contribution in [1.29, 1.82) is 0 Å².